The van der Waals surface area contributed by atoms with Crippen LogP contribution in [0.15, 0.2) is 30.5 Å². The molecule has 0 saturated heterocycles. The minimum Gasteiger partial charge on any atom is -0.486 e. The molecule has 1 aliphatic rings. The summed E-state index contributed by atoms with van der Waals surface area (Å²) in [5.41, 5.74) is 1.76. The molecule has 27 heavy (non-hydrogen) atoms. The maximum Gasteiger partial charge on any atom is 0.179 e. The molecule has 0 amide bonds. The topological polar surface area (TPSA) is 66.9 Å². The Morgan fingerprint density at radius 2 is 2.04 bits per heavy atom. The third kappa shape index (κ3) is 4.83. The van der Waals surface area contributed by atoms with Crippen LogP contribution in [0.25, 0.3) is 0 Å². The number of halogens is 1. The molecule has 0 spiro atoms. The van der Waals surface area contributed by atoms with Crippen molar-refractivity contribution in [3.05, 3.63) is 46.6 Å². The largest absolute Gasteiger partial charge is 0.486 e. The first-order valence-electron chi connectivity index (χ1n) is 9.11. The Morgan fingerprint density at radius 3 is 2.74 bits per heavy atom. The second kappa shape index (κ2) is 8.78. The maximum atomic E-state index is 10.5. The number of nitrogens with one attached hydrogen (secondary N) is 1. The van der Waals surface area contributed by atoms with Gasteiger partial charge in [0, 0.05) is 32.4 Å². The average molecular weight is 392 g/mol. The predicted octanol–water partition coefficient (Wildman–Crippen LogP) is 3.17. The summed E-state index contributed by atoms with van der Waals surface area (Å²) < 4.78 is 11.1. The zero-order chi connectivity index (χ0) is 19.4. The van der Waals surface area contributed by atoms with Crippen molar-refractivity contribution in [2.75, 3.05) is 31.7 Å². The van der Waals surface area contributed by atoms with Crippen molar-refractivity contribution >= 4 is 17.4 Å². The standard InChI is InChI=1S/C20H26ClN3O3/c1-13(2)24(3)19-5-4-14(11-23-19)10-22-12-17(25)15-8-16(21)20-18(9-15)26-6-7-27-20/h4-5,8-9,11,13,17,22,25H,6-7,10,12H2,1-3H3. The van der Waals surface area contributed by atoms with Gasteiger partial charge >= 0.3 is 0 Å². The summed E-state index contributed by atoms with van der Waals surface area (Å²) in [6.45, 7) is 6.23. The Morgan fingerprint density at radius 1 is 1.26 bits per heavy atom. The quantitative estimate of drug-likeness (QED) is 0.755. The summed E-state index contributed by atoms with van der Waals surface area (Å²) >= 11 is 6.24. The number of ether oxygens (including phenoxy) is 2. The van der Waals surface area contributed by atoms with Gasteiger partial charge in [0.25, 0.3) is 0 Å². The van der Waals surface area contributed by atoms with Crippen LogP contribution in [0.3, 0.4) is 0 Å². The van der Waals surface area contributed by atoms with Crippen LogP contribution in [0, 0.1) is 0 Å². The monoisotopic (exact) mass is 391 g/mol. The van der Waals surface area contributed by atoms with Crippen LogP contribution in [-0.4, -0.2) is 42.9 Å². The SMILES string of the molecule is CC(C)N(C)c1ccc(CNCC(O)c2cc(Cl)c3c(c2)OCCO3)cn1. The van der Waals surface area contributed by atoms with E-state index in [2.05, 4.69) is 29.0 Å². The predicted molar refractivity (Wildman–Crippen MR) is 107 cm³/mol. The zero-order valence-corrected chi connectivity index (χ0v) is 16.7. The third-order valence-electron chi connectivity index (χ3n) is 4.62. The van der Waals surface area contributed by atoms with Gasteiger partial charge < -0.3 is 24.8 Å². The number of hydrogen-bond acceptors (Lipinski definition) is 6. The van der Waals surface area contributed by atoms with Crippen LogP contribution in [0.5, 0.6) is 11.5 Å². The number of nitrogens with zero attached hydrogens (tertiary/aromatic N) is 2. The van der Waals surface area contributed by atoms with Crippen molar-refractivity contribution < 1.29 is 14.6 Å². The molecule has 0 radical (unpaired) electrons. The summed E-state index contributed by atoms with van der Waals surface area (Å²) in [5.74, 6) is 2.07. The highest BCUT2D eigenvalue weighted by Crippen LogP contribution is 2.39. The number of hydrogen-bond donors (Lipinski definition) is 2. The van der Waals surface area contributed by atoms with Crippen LogP contribution >= 0.6 is 11.6 Å². The van der Waals surface area contributed by atoms with Crippen molar-refractivity contribution in [3.63, 3.8) is 0 Å². The number of pyridine rings is 1. The fourth-order valence-corrected chi connectivity index (χ4v) is 3.06. The fourth-order valence-electron chi connectivity index (χ4n) is 2.79. The van der Waals surface area contributed by atoms with Gasteiger partial charge in [-0.2, -0.15) is 0 Å². The highest BCUT2D eigenvalue weighted by molar-refractivity contribution is 6.32. The van der Waals surface area contributed by atoms with E-state index in [0.717, 1.165) is 11.4 Å². The molecule has 0 aliphatic carbocycles. The molecule has 2 aromatic rings. The number of aliphatic hydroxyl groups excluding tert-OH is 1. The smallest absolute Gasteiger partial charge is 0.179 e. The maximum absolute atomic E-state index is 10.5. The van der Waals surface area contributed by atoms with Gasteiger partial charge in [0.1, 0.15) is 19.0 Å². The first-order valence-corrected chi connectivity index (χ1v) is 9.49. The summed E-state index contributed by atoms with van der Waals surface area (Å²) in [4.78, 5) is 6.61. The lowest BCUT2D eigenvalue weighted by molar-refractivity contribution is 0.163. The van der Waals surface area contributed by atoms with E-state index in [1.807, 2.05) is 25.4 Å². The van der Waals surface area contributed by atoms with E-state index < -0.39 is 6.10 Å². The lowest BCUT2D eigenvalue weighted by Gasteiger charge is -2.22. The van der Waals surface area contributed by atoms with Gasteiger partial charge in [-0.15, -0.1) is 0 Å². The Kier molecular flexibility index (Phi) is 6.42. The van der Waals surface area contributed by atoms with E-state index in [0.29, 0.717) is 54.4 Å². The average Bonchev–Trinajstić information content (AvgIpc) is 2.67. The van der Waals surface area contributed by atoms with Gasteiger partial charge in [-0.05, 0) is 43.2 Å². The Balaban J connectivity index is 1.55. The van der Waals surface area contributed by atoms with E-state index in [1.165, 1.54) is 0 Å². The molecule has 146 valence electrons. The number of aliphatic hydroxyl groups is 1. The molecule has 1 unspecified atom stereocenters. The van der Waals surface area contributed by atoms with Gasteiger partial charge in [-0.3, -0.25) is 0 Å². The fraction of sp³-hybridized carbons (Fsp3) is 0.450. The molecule has 0 bridgehead atoms. The first kappa shape index (κ1) is 19.7. The van der Waals surface area contributed by atoms with Gasteiger partial charge in [0.2, 0.25) is 0 Å². The minimum absolute atomic E-state index is 0.392. The minimum atomic E-state index is -0.697. The lowest BCUT2D eigenvalue weighted by Crippen LogP contribution is -2.26. The zero-order valence-electron chi connectivity index (χ0n) is 15.9. The lowest BCUT2D eigenvalue weighted by atomic mass is 10.1. The van der Waals surface area contributed by atoms with Crippen molar-refractivity contribution in [2.24, 2.45) is 0 Å². The van der Waals surface area contributed by atoms with E-state index in [4.69, 9.17) is 21.1 Å². The Bertz CT molecular complexity index is 768. The summed E-state index contributed by atoms with van der Waals surface area (Å²) in [5, 5.41) is 14.2. The summed E-state index contributed by atoms with van der Waals surface area (Å²) in [7, 11) is 2.03. The van der Waals surface area contributed by atoms with E-state index in [1.54, 1.807) is 12.1 Å². The van der Waals surface area contributed by atoms with E-state index in [9.17, 15) is 5.11 Å². The molecule has 1 atom stereocenters. The second-order valence-electron chi connectivity index (χ2n) is 6.90. The van der Waals surface area contributed by atoms with Crippen LogP contribution in [0.2, 0.25) is 5.02 Å². The number of aromatic nitrogens is 1. The third-order valence-corrected chi connectivity index (χ3v) is 4.90. The molecule has 2 N–H and O–H groups in total. The molecular weight excluding hydrogens is 366 g/mol. The molecular formula is C20H26ClN3O3. The first-order chi connectivity index (χ1) is 13.0. The van der Waals surface area contributed by atoms with Crippen molar-refractivity contribution in [3.8, 4) is 11.5 Å². The van der Waals surface area contributed by atoms with Crippen LogP contribution in [-0.2, 0) is 6.54 Å². The molecule has 1 aromatic heterocycles. The van der Waals surface area contributed by atoms with Gasteiger partial charge in [-0.25, -0.2) is 4.98 Å². The number of anilines is 1. The van der Waals surface area contributed by atoms with E-state index in [-0.39, 0.29) is 0 Å². The second-order valence-corrected chi connectivity index (χ2v) is 7.31. The van der Waals surface area contributed by atoms with Gasteiger partial charge in [-0.1, -0.05) is 17.7 Å². The number of benzene rings is 1. The Hall–Kier alpha value is -2.02. The molecule has 0 fully saturated rings. The molecule has 7 heteroatoms. The molecule has 2 heterocycles. The highest BCUT2D eigenvalue weighted by Gasteiger charge is 2.19. The molecule has 1 aromatic carbocycles. The van der Waals surface area contributed by atoms with Crippen molar-refractivity contribution in [1.29, 1.82) is 0 Å². The number of fused-ring (bicyclic) bond motifs is 1. The van der Waals surface area contributed by atoms with E-state index >= 15 is 0 Å². The van der Waals surface area contributed by atoms with Gasteiger partial charge in [0.05, 0.1) is 11.1 Å². The van der Waals surface area contributed by atoms with Crippen LogP contribution in [0.4, 0.5) is 5.82 Å². The molecule has 3 rings (SSSR count). The molecule has 6 nitrogen and oxygen atoms in total. The van der Waals surface area contributed by atoms with Crippen LogP contribution in [0.1, 0.15) is 31.1 Å². The summed E-state index contributed by atoms with van der Waals surface area (Å²) in [6.07, 6.45) is 1.16. The molecule has 0 saturated carbocycles. The Labute approximate surface area is 165 Å². The van der Waals surface area contributed by atoms with Crippen molar-refractivity contribution in [2.45, 2.75) is 32.5 Å². The highest BCUT2D eigenvalue weighted by atomic mass is 35.5. The normalized spacial score (nSPS) is 14.3. The molecule has 1 aliphatic heterocycles. The van der Waals surface area contributed by atoms with Crippen molar-refractivity contribution in [1.82, 2.24) is 10.3 Å². The van der Waals surface area contributed by atoms with Gasteiger partial charge in [0.15, 0.2) is 11.5 Å². The van der Waals surface area contributed by atoms with Crippen LogP contribution < -0.4 is 19.7 Å². The number of rotatable bonds is 7. The summed E-state index contributed by atoms with van der Waals surface area (Å²) in [6, 6.07) is 7.95.